The van der Waals surface area contributed by atoms with Gasteiger partial charge in [0.15, 0.2) is 0 Å². The van der Waals surface area contributed by atoms with Crippen LogP contribution in [0.15, 0.2) is 48.5 Å². The molecule has 9 heteroatoms. The Labute approximate surface area is 237 Å². The highest BCUT2D eigenvalue weighted by Crippen LogP contribution is 2.24. The number of rotatable bonds is 17. The lowest BCUT2D eigenvalue weighted by Gasteiger charge is -2.29. The van der Waals surface area contributed by atoms with Crippen LogP contribution in [0.25, 0.3) is 0 Å². The molecule has 0 fully saturated rings. The molecule has 0 radical (unpaired) electrons. The van der Waals surface area contributed by atoms with E-state index in [1.165, 1.54) is 12.1 Å². The van der Waals surface area contributed by atoms with Gasteiger partial charge in [0.25, 0.3) is 5.91 Å². The fourth-order valence-electron chi connectivity index (χ4n) is 4.31. The minimum Gasteiger partial charge on any atom is -0.493 e. The van der Waals surface area contributed by atoms with Gasteiger partial charge in [-0.1, -0.05) is 38.1 Å². The predicted molar refractivity (Wildman–Crippen MR) is 155 cm³/mol. The third kappa shape index (κ3) is 10.2. The number of aliphatic hydroxyl groups is 1. The summed E-state index contributed by atoms with van der Waals surface area (Å²) in [5.41, 5.74) is 6.34. The second kappa shape index (κ2) is 16.3. The molecule has 0 saturated carbocycles. The Morgan fingerprint density at radius 3 is 2.40 bits per heavy atom. The average Bonchev–Trinajstić information content (AvgIpc) is 2.93. The summed E-state index contributed by atoms with van der Waals surface area (Å²) in [6, 6.07) is 12.4. The number of unbranched alkanes of at least 4 members (excludes halogenated alkanes) is 1. The number of carbonyl (C=O) groups is 2. The Morgan fingerprint density at radius 2 is 1.73 bits per heavy atom. The van der Waals surface area contributed by atoms with Crippen LogP contribution in [0.2, 0.25) is 0 Å². The normalized spacial score (nSPS) is 13.9. The molecule has 0 saturated heterocycles. The Morgan fingerprint density at radius 1 is 1.02 bits per heavy atom. The molecule has 2 aromatic rings. The lowest BCUT2D eigenvalue weighted by Crippen LogP contribution is -2.49. The van der Waals surface area contributed by atoms with Gasteiger partial charge in [-0.15, -0.1) is 0 Å². The van der Waals surface area contributed by atoms with E-state index in [-0.39, 0.29) is 30.2 Å². The van der Waals surface area contributed by atoms with E-state index in [1.54, 1.807) is 51.3 Å². The zero-order valence-corrected chi connectivity index (χ0v) is 24.4. The lowest BCUT2D eigenvalue weighted by molar-refractivity contribution is -0.126. The van der Waals surface area contributed by atoms with Gasteiger partial charge in [0.05, 0.1) is 23.7 Å². The van der Waals surface area contributed by atoms with Crippen molar-refractivity contribution in [3.8, 4) is 5.75 Å². The number of aliphatic hydroxyl groups excluding tert-OH is 1. The first-order valence-electron chi connectivity index (χ1n) is 13.9. The maximum Gasteiger partial charge on any atom is 0.255 e. The number of methoxy groups -OCH3 is 1. The first-order chi connectivity index (χ1) is 19.0. The molecule has 0 spiro atoms. The van der Waals surface area contributed by atoms with E-state index in [1.807, 2.05) is 19.9 Å². The van der Waals surface area contributed by atoms with E-state index in [9.17, 15) is 19.1 Å². The van der Waals surface area contributed by atoms with Gasteiger partial charge in [-0.3, -0.25) is 9.59 Å². The largest absolute Gasteiger partial charge is 0.493 e. The number of halogens is 1. The standard InChI is InChI=1S/C31H46FN3O5/c1-21(2)22(19-34-29(37)25-13-6-7-14-28(25)40-16-9-8-15-39-5)17-26(33)27(36)20-35-30(38)31(3,4)23-11-10-12-24(32)18-23/h6-7,10-14,18,21-22,26-27,36H,8-9,15-17,19-20,33H2,1-5H3,(H,34,37)(H,35,38)/t22-,26+,27+/m1/s1. The van der Waals surface area contributed by atoms with Gasteiger partial charge in [0.1, 0.15) is 11.6 Å². The fourth-order valence-corrected chi connectivity index (χ4v) is 4.31. The highest BCUT2D eigenvalue weighted by Gasteiger charge is 2.31. The van der Waals surface area contributed by atoms with Gasteiger partial charge >= 0.3 is 0 Å². The molecule has 5 N–H and O–H groups in total. The number of ether oxygens (including phenoxy) is 2. The molecule has 0 aliphatic rings. The third-order valence-corrected chi connectivity index (χ3v) is 7.25. The SMILES string of the molecule is COCCCCOc1ccccc1C(=O)NC[C@@H](C[C@H](N)[C@@H](O)CNC(=O)C(C)(C)c1cccc(F)c1)C(C)C. The van der Waals surface area contributed by atoms with Gasteiger partial charge < -0.3 is 30.9 Å². The highest BCUT2D eigenvalue weighted by atomic mass is 19.1. The van der Waals surface area contributed by atoms with Crippen LogP contribution in [0.1, 0.15) is 62.9 Å². The van der Waals surface area contributed by atoms with Gasteiger partial charge in [0.2, 0.25) is 5.91 Å². The monoisotopic (exact) mass is 559 g/mol. The van der Waals surface area contributed by atoms with Crippen molar-refractivity contribution in [3.63, 3.8) is 0 Å². The molecule has 0 heterocycles. The van der Waals surface area contributed by atoms with Gasteiger partial charge in [-0.25, -0.2) is 4.39 Å². The van der Waals surface area contributed by atoms with Crippen LogP contribution < -0.4 is 21.1 Å². The molecule has 0 aromatic heterocycles. The maximum absolute atomic E-state index is 13.7. The summed E-state index contributed by atoms with van der Waals surface area (Å²) in [5, 5.41) is 16.4. The van der Waals surface area contributed by atoms with E-state index in [2.05, 4.69) is 10.6 Å². The van der Waals surface area contributed by atoms with Crippen LogP contribution in [-0.2, 0) is 14.9 Å². The smallest absolute Gasteiger partial charge is 0.255 e. The van der Waals surface area contributed by atoms with Crippen molar-refractivity contribution in [2.45, 2.75) is 64.5 Å². The van der Waals surface area contributed by atoms with Gasteiger partial charge in [-0.2, -0.15) is 0 Å². The summed E-state index contributed by atoms with van der Waals surface area (Å²) >= 11 is 0. The molecule has 2 amide bonds. The van der Waals surface area contributed by atoms with Crippen LogP contribution in [0.4, 0.5) is 4.39 Å². The Bertz CT molecular complexity index is 1080. The molecule has 222 valence electrons. The topological polar surface area (TPSA) is 123 Å². The zero-order chi connectivity index (χ0) is 29.7. The third-order valence-electron chi connectivity index (χ3n) is 7.25. The quantitative estimate of drug-likeness (QED) is 0.219. The van der Waals surface area contributed by atoms with Crippen molar-refractivity contribution < 1.29 is 28.6 Å². The maximum atomic E-state index is 13.7. The second-order valence-electron chi connectivity index (χ2n) is 11.1. The predicted octanol–water partition coefficient (Wildman–Crippen LogP) is 3.81. The van der Waals surface area contributed by atoms with Crippen molar-refractivity contribution in [1.29, 1.82) is 0 Å². The number of nitrogens with two attached hydrogens (primary N) is 1. The number of hydrogen-bond donors (Lipinski definition) is 4. The number of carbonyl (C=O) groups excluding carboxylic acids is 2. The van der Waals surface area contributed by atoms with E-state index in [4.69, 9.17) is 15.2 Å². The van der Waals surface area contributed by atoms with Gasteiger partial charge in [-0.05, 0) is 74.8 Å². The Kier molecular flexibility index (Phi) is 13.5. The molecule has 2 aromatic carbocycles. The average molecular weight is 560 g/mol. The van der Waals surface area contributed by atoms with Crippen molar-refractivity contribution in [1.82, 2.24) is 10.6 Å². The van der Waals surface area contributed by atoms with Crippen LogP contribution >= 0.6 is 0 Å². The summed E-state index contributed by atoms with van der Waals surface area (Å²) in [7, 11) is 1.66. The molecule has 0 aliphatic carbocycles. The zero-order valence-electron chi connectivity index (χ0n) is 24.4. The summed E-state index contributed by atoms with van der Waals surface area (Å²) < 4.78 is 24.6. The Hall–Kier alpha value is -3.01. The second-order valence-corrected chi connectivity index (χ2v) is 11.1. The summed E-state index contributed by atoms with van der Waals surface area (Å²) in [4.78, 5) is 25.8. The van der Waals surface area contributed by atoms with Crippen molar-refractivity contribution >= 4 is 11.8 Å². The molecule has 0 unspecified atom stereocenters. The molecule has 3 atom stereocenters. The summed E-state index contributed by atoms with van der Waals surface area (Å²) in [5.74, 6) is -0.276. The Balaban J connectivity index is 1.90. The van der Waals surface area contributed by atoms with Crippen LogP contribution in [0, 0.1) is 17.7 Å². The minimum absolute atomic E-state index is 0.00448. The lowest BCUT2D eigenvalue weighted by atomic mass is 9.83. The number of amides is 2. The van der Waals surface area contributed by atoms with E-state index in [0.29, 0.717) is 43.1 Å². The number of para-hydroxylation sites is 1. The van der Waals surface area contributed by atoms with Crippen molar-refractivity contribution in [3.05, 3.63) is 65.5 Å². The number of benzene rings is 2. The molecule has 0 bridgehead atoms. The minimum atomic E-state index is -0.989. The molecular weight excluding hydrogens is 513 g/mol. The first kappa shape index (κ1) is 33.2. The van der Waals surface area contributed by atoms with Crippen LogP contribution in [-0.4, -0.2) is 62.5 Å². The number of hydrogen-bond acceptors (Lipinski definition) is 6. The molecule has 8 nitrogen and oxygen atoms in total. The van der Waals surface area contributed by atoms with Crippen LogP contribution in [0.3, 0.4) is 0 Å². The highest BCUT2D eigenvalue weighted by molar-refractivity contribution is 5.96. The molecule has 40 heavy (non-hydrogen) atoms. The van der Waals surface area contributed by atoms with Gasteiger partial charge in [0, 0.05) is 32.8 Å². The van der Waals surface area contributed by atoms with E-state index < -0.39 is 23.4 Å². The number of nitrogens with one attached hydrogen (secondary N) is 2. The summed E-state index contributed by atoms with van der Waals surface area (Å²) in [6.07, 6.45) is 1.15. The molecular formula is C31H46FN3O5. The first-order valence-corrected chi connectivity index (χ1v) is 13.9. The molecule has 0 aliphatic heterocycles. The van der Waals surface area contributed by atoms with Crippen molar-refractivity contribution in [2.75, 3.05) is 33.4 Å². The van der Waals surface area contributed by atoms with Crippen LogP contribution in [0.5, 0.6) is 5.75 Å². The summed E-state index contributed by atoms with van der Waals surface area (Å²) in [6.45, 7) is 8.97. The van der Waals surface area contributed by atoms with E-state index >= 15 is 0 Å². The van der Waals surface area contributed by atoms with E-state index in [0.717, 1.165) is 12.8 Å². The fraction of sp³-hybridized carbons (Fsp3) is 0.548. The van der Waals surface area contributed by atoms with Crippen molar-refractivity contribution in [2.24, 2.45) is 17.6 Å². The molecule has 2 rings (SSSR count).